The summed E-state index contributed by atoms with van der Waals surface area (Å²) in [6.45, 7) is 6.74. The second kappa shape index (κ2) is 13.8. The number of hydrogen-bond acceptors (Lipinski definition) is 4. The van der Waals surface area contributed by atoms with Gasteiger partial charge in [-0.1, -0.05) is 69.1 Å². The molecule has 3 rings (SSSR count). The molecular weight excluding hydrogens is 525 g/mol. The van der Waals surface area contributed by atoms with E-state index in [1.54, 1.807) is 30.3 Å². The zero-order valence-electron chi connectivity index (χ0n) is 22.0. The molecule has 0 saturated carbocycles. The van der Waals surface area contributed by atoms with Crippen molar-refractivity contribution in [3.8, 4) is 11.1 Å². The number of nitrogens with one attached hydrogen (secondary N) is 1. The molecule has 0 bridgehead atoms. The van der Waals surface area contributed by atoms with E-state index in [9.17, 15) is 14.7 Å². The first-order valence-corrected chi connectivity index (χ1v) is 13.9. The number of carboxylic acids is 1. The van der Waals surface area contributed by atoms with E-state index in [2.05, 4.69) is 43.7 Å². The van der Waals surface area contributed by atoms with Crippen molar-refractivity contribution in [2.24, 2.45) is 11.8 Å². The number of aromatic carboxylic acids is 1. The van der Waals surface area contributed by atoms with Crippen molar-refractivity contribution in [2.75, 3.05) is 5.75 Å². The molecule has 1 amide bonds. The monoisotopic (exact) mass is 559 g/mol. The summed E-state index contributed by atoms with van der Waals surface area (Å²) in [7, 11) is 0. The van der Waals surface area contributed by atoms with Crippen LogP contribution in [0, 0.1) is 17.7 Å². The smallest absolute Gasteiger partial charge is 0.336 e. The number of carbonyl (C=O) groups is 2. The zero-order valence-corrected chi connectivity index (χ0v) is 23.7. The molecule has 1 aromatic heterocycles. The van der Waals surface area contributed by atoms with Gasteiger partial charge in [0.1, 0.15) is 11.6 Å². The molecule has 0 aliphatic rings. The summed E-state index contributed by atoms with van der Waals surface area (Å²) in [6, 6.07) is 11.1. The molecule has 38 heavy (non-hydrogen) atoms. The third-order valence-electron chi connectivity index (χ3n) is 6.46. The lowest BCUT2D eigenvalue weighted by Gasteiger charge is -2.18. The van der Waals surface area contributed by atoms with Crippen LogP contribution in [0.1, 0.15) is 67.5 Å². The second-order valence-electron chi connectivity index (χ2n) is 9.85. The summed E-state index contributed by atoms with van der Waals surface area (Å²) < 4.78 is 17.2. The third-order valence-corrected chi connectivity index (χ3v) is 7.20. The molecule has 3 aromatic rings. The van der Waals surface area contributed by atoms with Gasteiger partial charge in [-0.2, -0.15) is 12.6 Å². The van der Waals surface area contributed by atoms with Gasteiger partial charge in [-0.25, -0.2) is 14.2 Å². The first-order valence-electron chi connectivity index (χ1n) is 12.9. The van der Waals surface area contributed by atoms with Crippen molar-refractivity contribution in [3.63, 3.8) is 0 Å². The second-order valence-corrected chi connectivity index (χ2v) is 10.6. The van der Waals surface area contributed by atoms with Crippen LogP contribution in [0.3, 0.4) is 0 Å². The van der Waals surface area contributed by atoms with Gasteiger partial charge in [-0.3, -0.25) is 4.79 Å². The van der Waals surface area contributed by atoms with Crippen molar-refractivity contribution in [1.29, 1.82) is 0 Å². The van der Waals surface area contributed by atoms with Gasteiger partial charge >= 0.3 is 5.97 Å². The van der Waals surface area contributed by atoms with Crippen LogP contribution in [0.5, 0.6) is 0 Å². The van der Waals surface area contributed by atoms with E-state index in [4.69, 9.17) is 11.6 Å². The van der Waals surface area contributed by atoms with Crippen molar-refractivity contribution in [1.82, 2.24) is 14.9 Å². The van der Waals surface area contributed by atoms with E-state index in [0.29, 0.717) is 46.6 Å². The van der Waals surface area contributed by atoms with Gasteiger partial charge in [-0.15, -0.1) is 0 Å². The van der Waals surface area contributed by atoms with Crippen LogP contribution in [-0.2, 0) is 24.3 Å². The Morgan fingerprint density at radius 3 is 2.55 bits per heavy atom. The average Bonchev–Trinajstić information content (AvgIpc) is 3.17. The predicted molar refractivity (Wildman–Crippen MR) is 152 cm³/mol. The van der Waals surface area contributed by atoms with Gasteiger partial charge < -0.3 is 15.0 Å². The van der Waals surface area contributed by atoms with Crippen molar-refractivity contribution >= 4 is 36.1 Å². The van der Waals surface area contributed by atoms with Crippen LogP contribution in [0.25, 0.3) is 11.1 Å². The van der Waals surface area contributed by atoms with Crippen molar-refractivity contribution in [3.05, 3.63) is 76.1 Å². The lowest BCUT2D eigenvalue weighted by atomic mass is 9.98. The summed E-state index contributed by atoms with van der Waals surface area (Å²) in [5, 5.41) is 12.8. The highest BCUT2D eigenvalue weighted by atomic mass is 35.5. The van der Waals surface area contributed by atoms with Crippen LogP contribution >= 0.6 is 24.2 Å². The Balaban J connectivity index is 1.90. The van der Waals surface area contributed by atoms with Gasteiger partial charge in [0.25, 0.3) is 0 Å². The van der Waals surface area contributed by atoms with Crippen LogP contribution in [0.2, 0.25) is 5.15 Å². The van der Waals surface area contributed by atoms with E-state index in [1.165, 1.54) is 12.1 Å². The number of rotatable bonds is 13. The molecule has 2 N–H and O–H groups in total. The maximum Gasteiger partial charge on any atom is 0.336 e. The van der Waals surface area contributed by atoms with Gasteiger partial charge in [-0.05, 0) is 42.0 Å². The first kappa shape index (κ1) is 29.7. The quantitative estimate of drug-likeness (QED) is 0.205. The highest BCUT2D eigenvalue weighted by Crippen LogP contribution is 2.28. The molecule has 0 aliphatic heterocycles. The van der Waals surface area contributed by atoms with Crippen LogP contribution in [-0.4, -0.2) is 32.3 Å². The highest BCUT2D eigenvalue weighted by molar-refractivity contribution is 7.80. The fraction of sp³-hybridized carbons (Fsp3) is 0.414. The minimum atomic E-state index is -1.11. The van der Waals surface area contributed by atoms with Gasteiger partial charge in [0.05, 0.1) is 17.8 Å². The number of halogens is 2. The number of imidazole rings is 1. The van der Waals surface area contributed by atoms with E-state index in [0.717, 1.165) is 25.1 Å². The number of nitrogens with zero attached hydrogens (tertiary/aromatic N) is 2. The van der Waals surface area contributed by atoms with Crippen LogP contribution < -0.4 is 5.32 Å². The number of benzene rings is 2. The molecule has 1 atom stereocenters. The van der Waals surface area contributed by atoms with Crippen LogP contribution in [0.4, 0.5) is 4.39 Å². The van der Waals surface area contributed by atoms with Crippen LogP contribution in [0.15, 0.2) is 42.5 Å². The fourth-order valence-electron chi connectivity index (χ4n) is 4.50. The number of carboxylic acid groups (broad SMARTS) is 1. The topological polar surface area (TPSA) is 84.2 Å². The summed E-state index contributed by atoms with van der Waals surface area (Å²) in [6.07, 6.45) is 3.32. The lowest BCUT2D eigenvalue weighted by molar-refractivity contribution is -0.124. The molecule has 0 saturated heterocycles. The summed E-state index contributed by atoms with van der Waals surface area (Å²) in [5.41, 5.74) is 1.91. The normalized spacial score (nSPS) is 12.1. The van der Waals surface area contributed by atoms with E-state index in [1.807, 2.05) is 4.57 Å². The molecule has 0 spiro atoms. The predicted octanol–water partition coefficient (Wildman–Crippen LogP) is 6.64. The number of carbonyl (C=O) groups excluding carboxylic acids is 1. The molecule has 0 radical (unpaired) electrons. The number of hydrogen-bond donors (Lipinski definition) is 3. The Labute approximate surface area is 234 Å². The average molecular weight is 560 g/mol. The maximum atomic E-state index is 15.3. The van der Waals surface area contributed by atoms with Gasteiger partial charge in [0.15, 0.2) is 5.15 Å². The summed E-state index contributed by atoms with van der Waals surface area (Å²) in [4.78, 5) is 29.0. The Morgan fingerprint density at radius 2 is 1.92 bits per heavy atom. The Hall–Kier alpha value is -2.84. The van der Waals surface area contributed by atoms with E-state index in [-0.39, 0.29) is 29.5 Å². The molecule has 1 unspecified atom stereocenters. The molecule has 204 valence electrons. The Morgan fingerprint density at radius 1 is 1.18 bits per heavy atom. The minimum absolute atomic E-state index is 0.0393. The summed E-state index contributed by atoms with van der Waals surface area (Å²) >= 11 is 10.9. The van der Waals surface area contributed by atoms with Crippen molar-refractivity contribution in [2.45, 2.75) is 59.5 Å². The first-order chi connectivity index (χ1) is 18.2. The number of unbranched alkanes of at least 4 members (excludes halogenated alkanes) is 1. The van der Waals surface area contributed by atoms with Crippen molar-refractivity contribution < 1.29 is 19.1 Å². The molecular formula is C29H35ClFN3O3S. The molecule has 6 nitrogen and oxygen atoms in total. The molecule has 9 heteroatoms. The fourth-order valence-corrected chi connectivity index (χ4v) is 5.08. The summed E-state index contributed by atoms with van der Waals surface area (Å²) in [5.74, 6) is -0.322. The zero-order chi connectivity index (χ0) is 27.8. The number of amides is 1. The minimum Gasteiger partial charge on any atom is -0.478 e. The Bertz CT molecular complexity index is 1280. The maximum absolute atomic E-state index is 15.3. The number of aryl methyl sites for hydroxylation is 1. The van der Waals surface area contributed by atoms with E-state index < -0.39 is 11.8 Å². The number of aromatic nitrogens is 2. The lowest BCUT2D eigenvalue weighted by Crippen LogP contribution is -2.33. The Kier molecular flexibility index (Phi) is 10.8. The highest BCUT2D eigenvalue weighted by Gasteiger charge is 2.22. The molecule has 2 aromatic carbocycles. The number of thiol groups is 1. The third kappa shape index (κ3) is 7.38. The van der Waals surface area contributed by atoms with Gasteiger partial charge in [0.2, 0.25) is 5.91 Å². The largest absolute Gasteiger partial charge is 0.478 e. The molecule has 1 heterocycles. The molecule has 0 fully saturated rings. The SMILES string of the molecule is CCCCc1nc(Cl)c(CNC(=O)C(CS)CC(C)C)n1Cc1ccc(-c2ccccc2C(=O)O)c(F)c1. The standard InChI is InChI=1S/C29H35ClFN3O3S/c1-4-5-10-26-33-27(30)25(15-32-28(35)20(17-38)13-18(2)3)34(26)16-19-11-12-22(24(31)14-19)21-8-6-7-9-23(21)29(36)37/h6-9,11-12,14,18,20,38H,4-5,10,13,15-17H2,1-3H3,(H,32,35)(H,36,37). The van der Waals surface area contributed by atoms with Gasteiger partial charge in [0, 0.05) is 30.2 Å². The molecule has 0 aliphatic carbocycles. The van der Waals surface area contributed by atoms with E-state index >= 15 is 4.39 Å².